The fourth-order valence-electron chi connectivity index (χ4n) is 2.90. The number of rotatable bonds is 5. The van der Waals surface area contributed by atoms with Crippen molar-refractivity contribution in [1.29, 1.82) is 0 Å². The van der Waals surface area contributed by atoms with Gasteiger partial charge in [0.25, 0.3) is 0 Å². The quantitative estimate of drug-likeness (QED) is 0.631. The first-order chi connectivity index (χ1) is 13.7. The normalized spacial score (nSPS) is 11.7. The first-order valence-electron chi connectivity index (χ1n) is 8.58. The monoisotopic (exact) mass is 413 g/mol. The van der Waals surface area contributed by atoms with Gasteiger partial charge in [0.2, 0.25) is 15.7 Å². The summed E-state index contributed by atoms with van der Waals surface area (Å²) in [6.07, 6.45) is 3.04. The maximum atomic E-state index is 13.7. The number of carbonyl (C=O) groups excluding carboxylic acids is 1. The predicted molar refractivity (Wildman–Crippen MR) is 107 cm³/mol. The number of sulfone groups is 1. The van der Waals surface area contributed by atoms with Gasteiger partial charge in [-0.05, 0) is 48.4 Å². The molecule has 0 saturated carbocycles. The summed E-state index contributed by atoms with van der Waals surface area (Å²) < 4.78 is 52.7. The Morgan fingerprint density at radius 1 is 0.966 bits per heavy atom. The zero-order valence-electron chi connectivity index (χ0n) is 15.4. The summed E-state index contributed by atoms with van der Waals surface area (Å²) >= 11 is 0. The molecule has 0 saturated heterocycles. The topological polar surface area (TPSA) is 77.2 Å². The lowest BCUT2D eigenvalue weighted by atomic mass is 10.1. The number of halogens is 2. The Morgan fingerprint density at radius 3 is 2.28 bits per heavy atom. The molecular weight excluding hydrogens is 396 g/mol. The second kappa shape index (κ2) is 7.97. The average molecular weight is 413 g/mol. The summed E-state index contributed by atoms with van der Waals surface area (Å²) in [6, 6.07) is 13.7. The lowest BCUT2D eigenvalue weighted by Crippen LogP contribution is -2.17. The average Bonchev–Trinajstić information content (AvgIpc) is 2.67. The predicted octanol–water partition coefficient (Wildman–Crippen LogP) is 4.38. The lowest BCUT2D eigenvalue weighted by molar-refractivity contribution is 0.0997. The molecule has 0 unspecified atom stereocenters. The van der Waals surface area contributed by atoms with Gasteiger partial charge in [-0.25, -0.2) is 17.2 Å². The number of primary amides is 1. The van der Waals surface area contributed by atoms with Gasteiger partial charge in [0.15, 0.2) is 0 Å². The molecule has 3 aromatic carbocycles. The van der Waals surface area contributed by atoms with Crippen LogP contribution < -0.4 is 5.73 Å². The highest BCUT2D eigenvalue weighted by Crippen LogP contribution is 2.27. The second-order valence-electron chi connectivity index (χ2n) is 6.39. The molecule has 0 aromatic heterocycles. The van der Waals surface area contributed by atoms with Crippen LogP contribution in [-0.2, 0) is 9.84 Å². The molecule has 3 rings (SSSR count). The molecule has 0 aliphatic rings. The molecule has 0 atom stereocenters. The van der Waals surface area contributed by atoms with Crippen molar-refractivity contribution in [1.82, 2.24) is 0 Å². The highest BCUT2D eigenvalue weighted by Gasteiger charge is 2.25. The number of hydrogen-bond acceptors (Lipinski definition) is 3. The minimum Gasteiger partial charge on any atom is -0.366 e. The van der Waals surface area contributed by atoms with Gasteiger partial charge in [0.05, 0.1) is 15.4 Å². The van der Waals surface area contributed by atoms with Crippen LogP contribution in [0.15, 0.2) is 70.5 Å². The summed E-state index contributed by atoms with van der Waals surface area (Å²) in [6.45, 7) is 1.59. The fraction of sp³-hybridized carbons (Fsp3) is 0.0455. The number of carbonyl (C=O) groups is 1. The van der Waals surface area contributed by atoms with Crippen LogP contribution in [0.25, 0.3) is 12.2 Å². The molecule has 4 nitrogen and oxygen atoms in total. The van der Waals surface area contributed by atoms with Crippen molar-refractivity contribution >= 4 is 27.9 Å². The van der Waals surface area contributed by atoms with E-state index >= 15 is 0 Å². The highest BCUT2D eigenvalue weighted by molar-refractivity contribution is 7.91. The smallest absolute Gasteiger partial charge is 0.250 e. The van der Waals surface area contributed by atoms with E-state index in [1.807, 2.05) is 0 Å². The number of amides is 1. The van der Waals surface area contributed by atoms with Crippen molar-refractivity contribution in [3.05, 3.63) is 94.6 Å². The molecule has 0 radical (unpaired) electrons. The molecular formula is C22H17F2NO3S. The molecule has 2 N–H and O–H groups in total. The molecule has 7 heteroatoms. The zero-order valence-corrected chi connectivity index (χ0v) is 16.2. The van der Waals surface area contributed by atoms with Crippen LogP contribution in [0.5, 0.6) is 0 Å². The molecule has 29 heavy (non-hydrogen) atoms. The Morgan fingerprint density at radius 2 is 1.66 bits per heavy atom. The van der Waals surface area contributed by atoms with Crippen LogP contribution in [0.1, 0.15) is 27.0 Å². The van der Waals surface area contributed by atoms with Crippen LogP contribution in [-0.4, -0.2) is 14.3 Å². The molecule has 0 heterocycles. The molecule has 0 fully saturated rings. The number of nitrogens with two attached hydrogens (primary N) is 1. The van der Waals surface area contributed by atoms with E-state index in [4.69, 9.17) is 5.73 Å². The molecule has 148 valence electrons. The summed E-state index contributed by atoms with van der Waals surface area (Å²) in [7, 11) is -3.97. The standard InChI is InChI=1S/C22H17F2NO3S/c1-14-3-2-4-19(22(25)26)21(14)29(27,28)18-11-6-15(7-12-18)5-8-16-9-10-17(23)13-20(16)24/h2-13H,1H3,(H2,25,26)/b8-5+. The van der Waals surface area contributed by atoms with Crippen LogP contribution in [0.3, 0.4) is 0 Å². The van der Waals surface area contributed by atoms with Crippen molar-refractivity contribution in [2.24, 2.45) is 5.73 Å². The number of hydrogen-bond donors (Lipinski definition) is 1. The molecule has 0 bridgehead atoms. The number of benzene rings is 3. The summed E-state index contributed by atoms with van der Waals surface area (Å²) in [5.74, 6) is -2.19. The molecule has 0 aliphatic heterocycles. The zero-order chi connectivity index (χ0) is 21.2. The van der Waals surface area contributed by atoms with Crippen LogP contribution in [0.4, 0.5) is 8.78 Å². The van der Waals surface area contributed by atoms with Crippen molar-refractivity contribution in [2.45, 2.75) is 16.7 Å². The van der Waals surface area contributed by atoms with E-state index in [0.717, 1.165) is 12.1 Å². The molecule has 0 spiro atoms. The minimum absolute atomic E-state index is 0.000544. The molecule has 3 aromatic rings. The van der Waals surface area contributed by atoms with Crippen molar-refractivity contribution in [3.63, 3.8) is 0 Å². The maximum absolute atomic E-state index is 13.7. The largest absolute Gasteiger partial charge is 0.366 e. The Kier molecular flexibility index (Phi) is 5.61. The Labute approximate surface area is 167 Å². The van der Waals surface area contributed by atoms with Crippen molar-refractivity contribution in [2.75, 3.05) is 0 Å². The summed E-state index contributed by atoms with van der Waals surface area (Å²) in [5.41, 5.74) is 6.50. The van der Waals surface area contributed by atoms with Gasteiger partial charge in [-0.15, -0.1) is 0 Å². The van der Waals surface area contributed by atoms with E-state index in [-0.39, 0.29) is 20.9 Å². The van der Waals surface area contributed by atoms with Gasteiger partial charge in [0.1, 0.15) is 11.6 Å². The van der Waals surface area contributed by atoms with Crippen molar-refractivity contribution in [3.8, 4) is 0 Å². The van der Waals surface area contributed by atoms with Gasteiger partial charge in [-0.1, -0.05) is 36.4 Å². The van der Waals surface area contributed by atoms with E-state index < -0.39 is 27.4 Å². The Hall–Kier alpha value is -3.32. The minimum atomic E-state index is -3.97. The summed E-state index contributed by atoms with van der Waals surface area (Å²) in [5, 5.41) is 0. The summed E-state index contributed by atoms with van der Waals surface area (Å²) in [4.78, 5) is 11.5. The van der Waals surface area contributed by atoms with E-state index in [9.17, 15) is 22.0 Å². The first-order valence-corrected chi connectivity index (χ1v) is 10.1. The van der Waals surface area contributed by atoms with E-state index in [0.29, 0.717) is 11.1 Å². The van der Waals surface area contributed by atoms with E-state index in [1.165, 1.54) is 30.3 Å². The van der Waals surface area contributed by atoms with E-state index in [2.05, 4.69) is 0 Å². The Bertz CT molecular complexity index is 1220. The third-order valence-corrected chi connectivity index (χ3v) is 6.33. The third-order valence-electron chi connectivity index (χ3n) is 4.35. The van der Waals surface area contributed by atoms with Gasteiger partial charge < -0.3 is 5.73 Å². The number of aryl methyl sites for hydroxylation is 1. The maximum Gasteiger partial charge on any atom is 0.250 e. The van der Waals surface area contributed by atoms with Crippen molar-refractivity contribution < 1.29 is 22.0 Å². The van der Waals surface area contributed by atoms with E-state index in [1.54, 1.807) is 37.3 Å². The fourth-order valence-corrected chi connectivity index (χ4v) is 4.58. The SMILES string of the molecule is Cc1cccc(C(N)=O)c1S(=O)(=O)c1ccc(/C=C/c2ccc(F)cc2F)cc1. The van der Waals surface area contributed by atoms with Gasteiger partial charge in [-0.3, -0.25) is 4.79 Å². The van der Waals surface area contributed by atoms with Gasteiger partial charge in [-0.2, -0.15) is 0 Å². The van der Waals surface area contributed by atoms with Crippen LogP contribution >= 0.6 is 0 Å². The van der Waals surface area contributed by atoms with Gasteiger partial charge in [0, 0.05) is 11.6 Å². The van der Waals surface area contributed by atoms with Crippen LogP contribution in [0, 0.1) is 18.6 Å². The first kappa shape index (κ1) is 20.4. The Balaban J connectivity index is 1.94. The lowest BCUT2D eigenvalue weighted by Gasteiger charge is -2.11. The molecule has 0 aliphatic carbocycles. The van der Waals surface area contributed by atoms with Gasteiger partial charge >= 0.3 is 0 Å². The highest BCUT2D eigenvalue weighted by atomic mass is 32.2. The third kappa shape index (κ3) is 4.25. The van der Waals surface area contributed by atoms with Crippen LogP contribution in [0.2, 0.25) is 0 Å². The molecule has 1 amide bonds. The second-order valence-corrected chi connectivity index (χ2v) is 8.27.